The van der Waals surface area contributed by atoms with Crippen LogP contribution in [-0.2, 0) is 0 Å². The zero-order chi connectivity index (χ0) is 24.8. The first kappa shape index (κ1) is 23.7. The summed E-state index contributed by atoms with van der Waals surface area (Å²) in [4.78, 5) is 0. The van der Waals surface area contributed by atoms with Crippen molar-refractivity contribution in [3.05, 3.63) is 124 Å². The Kier molecular flexibility index (Phi) is 7.19. The van der Waals surface area contributed by atoms with Crippen molar-refractivity contribution >= 4 is 10.8 Å². The molecule has 0 atom stereocenters. The molecule has 0 N–H and O–H groups in total. The summed E-state index contributed by atoms with van der Waals surface area (Å²) in [6.45, 7) is 2.37. The number of ether oxygens (including phenoxy) is 1. The normalized spacial score (nSPS) is 10.5. The first-order chi connectivity index (χ1) is 16.9. The summed E-state index contributed by atoms with van der Waals surface area (Å²) in [6.07, 6.45) is 3.78. The van der Waals surface area contributed by atoms with Crippen LogP contribution in [0.3, 0.4) is 0 Å². The summed E-state index contributed by atoms with van der Waals surface area (Å²) < 4.78 is 61.8. The van der Waals surface area contributed by atoms with Gasteiger partial charge in [-0.2, -0.15) is 0 Å². The number of rotatable bonds is 3. The Morgan fingerprint density at radius 1 is 0.686 bits per heavy atom. The standard InChI is InChI=1S/C30H18F4O/c1-2-3-16-35-24-11-6-20(7-12-24)4-5-22-18-28(32)26(29(33)19-22)14-9-21-8-13-25-23(17-21)10-15-27(31)30(25)34/h2-3,6-8,10-13,15,17-19H,16H2,1H3/b3-2+. The van der Waals surface area contributed by atoms with Gasteiger partial charge in [0.25, 0.3) is 0 Å². The lowest BCUT2D eigenvalue weighted by molar-refractivity contribution is 0.362. The molecular weight excluding hydrogens is 452 g/mol. The van der Waals surface area contributed by atoms with Crippen LogP contribution in [0, 0.1) is 47.0 Å². The van der Waals surface area contributed by atoms with E-state index in [1.54, 1.807) is 24.3 Å². The summed E-state index contributed by atoms with van der Waals surface area (Å²) in [7, 11) is 0. The Balaban J connectivity index is 1.53. The van der Waals surface area contributed by atoms with E-state index in [-0.39, 0.29) is 10.9 Å². The third-order valence-electron chi connectivity index (χ3n) is 5.07. The maximum atomic E-state index is 14.6. The quantitative estimate of drug-likeness (QED) is 0.176. The number of hydrogen-bond donors (Lipinski definition) is 0. The molecule has 0 saturated carbocycles. The van der Waals surface area contributed by atoms with Gasteiger partial charge in [-0.1, -0.05) is 48.0 Å². The minimum absolute atomic E-state index is 0.103. The van der Waals surface area contributed by atoms with Crippen molar-refractivity contribution in [2.75, 3.05) is 6.61 Å². The molecule has 0 radical (unpaired) electrons. The van der Waals surface area contributed by atoms with Gasteiger partial charge in [-0.15, -0.1) is 0 Å². The van der Waals surface area contributed by atoms with Gasteiger partial charge in [0.2, 0.25) is 0 Å². The average Bonchev–Trinajstić information content (AvgIpc) is 2.85. The van der Waals surface area contributed by atoms with Gasteiger partial charge < -0.3 is 4.74 Å². The van der Waals surface area contributed by atoms with Crippen LogP contribution in [0.15, 0.2) is 78.9 Å². The predicted molar refractivity (Wildman–Crippen MR) is 129 cm³/mol. The van der Waals surface area contributed by atoms with Crippen LogP contribution in [-0.4, -0.2) is 6.61 Å². The van der Waals surface area contributed by atoms with Gasteiger partial charge in [0.1, 0.15) is 24.0 Å². The molecule has 0 spiro atoms. The van der Waals surface area contributed by atoms with Crippen LogP contribution in [0.4, 0.5) is 17.6 Å². The van der Waals surface area contributed by atoms with Gasteiger partial charge in [-0.25, -0.2) is 17.6 Å². The fourth-order valence-electron chi connectivity index (χ4n) is 3.26. The van der Waals surface area contributed by atoms with Crippen molar-refractivity contribution < 1.29 is 22.3 Å². The van der Waals surface area contributed by atoms with Gasteiger partial charge in [0.15, 0.2) is 11.6 Å². The molecule has 0 unspecified atom stereocenters. The van der Waals surface area contributed by atoms with Gasteiger partial charge >= 0.3 is 0 Å². The highest BCUT2D eigenvalue weighted by atomic mass is 19.2. The monoisotopic (exact) mass is 470 g/mol. The van der Waals surface area contributed by atoms with Crippen LogP contribution in [0.2, 0.25) is 0 Å². The first-order valence-corrected chi connectivity index (χ1v) is 10.7. The van der Waals surface area contributed by atoms with E-state index in [0.717, 1.165) is 18.2 Å². The van der Waals surface area contributed by atoms with E-state index in [1.807, 2.05) is 19.1 Å². The second kappa shape index (κ2) is 10.6. The van der Waals surface area contributed by atoms with Crippen LogP contribution >= 0.6 is 0 Å². The largest absolute Gasteiger partial charge is 0.490 e. The second-order valence-electron chi connectivity index (χ2n) is 7.52. The molecule has 0 amide bonds. The van der Waals surface area contributed by atoms with Crippen LogP contribution < -0.4 is 4.74 Å². The van der Waals surface area contributed by atoms with E-state index in [9.17, 15) is 17.6 Å². The molecule has 0 aliphatic carbocycles. The average molecular weight is 470 g/mol. The van der Waals surface area contributed by atoms with Gasteiger partial charge in [-0.3, -0.25) is 0 Å². The maximum absolute atomic E-state index is 14.6. The second-order valence-corrected chi connectivity index (χ2v) is 7.52. The van der Waals surface area contributed by atoms with Gasteiger partial charge in [0.05, 0.1) is 5.56 Å². The highest BCUT2D eigenvalue weighted by molar-refractivity contribution is 5.84. The Labute approximate surface area is 200 Å². The molecule has 4 rings (SSSR count). The van der Waals surface area contributed by atoms with E-state index >= 15 is 0 Å². The molecule has 0 fully saturated rings. The number of allylic oxidation sites excluding steroid dienone is 1. The molecule has 0 saturated heterocycles. The van der Waals surface area contributed by atoms with Crippen LogP contribution in [0.5, 0.6) is 5.75 Å². The number of benzene rings is 4. The Hall–Kier alpha value is -4.48. The van der Waals surface area contributed by atoms with Crippen molar-refractivity contribution in [2.45, 2.75) is 6.92 Å². The lowest BCUT2D eigenvalue weighted by atomic mass is 10.1. The van der Waals surface area contributed by atoms with Gasteiger partial charge in [0, 0.05) is 22.1 Å². The number of hydrogen-bond acceptors (Lipinski definition) is 1. The predicted octanol–water partition coefficient (Wildman–Crippen LogP) is 7.15. The molecule has 1 nitrogen and oxygen atoms in total. The van der Waals surface area contributed by atoms with E-state index in [0.29, 0.717) is 28.9 Å². The molecule has 0 aliphatic heterocycles. The Morgan fingerprint density at radius 2 is 1.34 bits per heavy atom. The molecular formula is C30H18F4O. The minimum atomic E-state index is -0.954. The number of fused-ring (bicyclic) bond motifs is 1. The third kappa shape index (κ3) is 5.72. The lowest BCUT2D eigenvalue weighted by Gasteiger charge is -2.02. The Bertz CT molecular complexity index is 1520. The summed E-state index contributed by atoms with van der Waals surface area (Å²) in [6, 6.07) is 16.1. The fourth-order valence-corrected chi connectivity index (χ4v) is 3.26. The fraction of sp³-hybridized carbons (Fsp3) is 0.0667. The topological polar surface area (TPSA) is 9.23 Å². The summed E-state index contributed by atoms with van der Waals surface area (Å²) in [5, 5.41) is 0.534. The van der Waals surface area contributed by atoms with Gasteiger partial charge in [-0.05, 0) is 66.9 Å². The summed E-state index contributed by atoms with van der Waals surface area (Å²) >= 11 is 0. The van der Waals surface area contributed by atoms with E-state index in [2.05, 4.69) is 23.7 Å². The molecule has 0 bridgehead atoms. The molecule has 35 heavy (non-hydrogen) atoms. The van der Waals surface area contributed by atoms with Crippen molar-refractivity contribution in [3.63, 3.8) is 0 Å². The van der Waals surface area contributed by atoms with E-state index in [4.69, 9.17) is 4.74 Å². The highest BCUT2D eigenvalue weighted by Crippen LogP contribution is 2.22. The van der Waals surface area contributed by atoms with Crippen molar-refractivity contribution in [3.8, 4) is 29.4 Å². The lowest BCUT2D eigenvalue weighted by Crippen LogP contribution is -1.93. The highest BCUT2D eigenvalue weighted by Gasteiger charge is 2.09. The molecule has 0 aromatic heterocycles. The smallest absolute Gasteiger partial charge is 0.166 e. The summed E-state index contributed by atoms with van der Waals surface area (Å²) in [5.41, 5.74) is 0.843. The van der Waals surface area contributed by atoms with Crippen LogP contribution in [0.25, 0.3) is 10.8 Å². The minimum Gasteiger partial charge on any atom is -0.490 e. The molecule has 172 valence electrons. The first-order valence-electron chi connectivity index (χ1n) is 10.7. The third-order valence-corrected chi connectivity index (χ3v) is 5.07. The summed E-state index contributed by atoms with van der Waals surface area (Å²) in [5.74, 6) is 7.87. The molecule has 4 aromatic rings. The maximum Gasteiger partial charge on any atom is 0.166 e. The van der Waals surface area contributed by atoms with E-state index in [1.165, 1.54) is 24.3 Å². The zero-order valence-electron chi connectivity index (χ0n) is 18.6. The van der Waals surface area contributed by atoms with E-state index < -0.39 is 28.8 Å². The molecule has 4 aromatic carbocycles. The van der Waals surface area contributed by atoms with Crippen molar-refractivity contribution in [2.24, 2.45) is 0 Å². The van der Waals surface area contributed by atoms with Crippen molar-refractivity contribution in [1.29, 1.82) is 0 Å². The molecule has 0 aliphatic rings. The molecule has 5 heteroatoms. The molecule has 0 heterocycles. The zero-order valence-corrected chi connectivity index (χ0v) is 18.6. The van der Waals surface area contributed by atoms with Crippen LogP contribution in [0.1, 0.15) is 29.2 Å². The van der Waals surface area contributed by atoms with Crippen molar-refractivity contribution in [1.82, 2.24) is 0 Å². The number of halogens is 4. The Morgan fingerprint density at radius 3 is 2.06 bits per heavy atom. The SMILES string of the molecule is C/C=C/COc1ccc(C#Cc2cc(F)c(C#Cc3ccc4c(F)c(F)ccc4c3)c(F)c2)cc1.